The summed E-state index contributed by atoms with van der Waals surface area (Å²) in [7, 11) is 0. The van der Waals surface area contributed by atoms with Crippen LogP contribution in [0.25, 0.3) is 11.4 Å². The average Bonchev–Trinajstić information content (AvgIpc) is 2.61. The van der Waals surface area contributed by atoms with Gasteiger partial charge in [0.25, 0.3) is 0 Å². The molecule has 2 heterocycles. The van der Waals surface area contributed by atoms with Crippen LogP contribution in [0.5, 0.6) is 0 Å². The number of carbonyl (C=O) groups excluding carboxylic acids is 1. The molecule has 3 aromatic rings. The first-order valence-corrected chi connectivity index (χ1v) is 8.64. The van der Waals surface area contributed by atoms with Gasteiger partial charge < -0.3 is 5.32 Å². The van der Waals surface area contributed by atoms with Crippen LogP contribution in [0, 0.1) is 12.3 Å². The molecule has 0 saturated carbocycles. The number of hydrogen-bond acceptors (Lipinski definition) is 6. The van der Waals surface area contributed by atoms with Crippen LogP contribution >= 0.6 is 0 Å². The third-order valence-corrected chi connectivity index (χ3v) is 3.73. The second kappa shape index (κ2) is 7.49. The van der Waals surface area contributed by atoms with Gasteiger partial charge >= 0.3 is 0 Å². The molecule has 0 aliphatic carbocycles. The summed E-state index contributed by atoms with van der Waals surface area (Å²) in [6.07, 6.45) is 1.71. The van der Waals surface area contributed by atoms with Gasteiger partial charge in [0, 0.05) is 28.6 Å². The highest BCUT2D eigenvalue weighted by molar-refractivity contribution is 5.93. The quantitative estimate of drug-likeness (QED) is 0.729. The van der Waals surface area contributed by atoms with E-state index in [1.807, 2.05) is 70.2 Å². The van der Waals surface area contributed by atoms with Crippen molar-refractivity contribution < 1.29 is 4.79 Å². The van der Waals surface area contributed by atoms with E-state index in [1.165, 1.54) is 0 Å². The number of hydrogen-bond donors (Lipinski definition) is 2. The average molecular weight is 362 g/mol. The fourth-order valence-electron chi connectivity index (χ4n) is 2.25. The molecule has 0 aliphatic heterocycles. The Labute approximate surface area is 158 Å². The molecule has 0 saturated heterocycles. The summed E-state index contributed by atoms with van der Waals surface area (Å²) >= 11 is 0. The van der Waals surface area contributed by atoms with Crippen molar-refractivity contribution in [2.24, 2.45) is 5.41 Å². The summed E-state index contributed by atoms with van der Waals surface area (Å²) in [5.41, 5.74) is 1.95. The van der Waals surface area contributed by atoms with Crippen molar-refractivity contribution in [2.45, 2.75) is 27.7 Å². The Bertz CT molecular complexity index is 950. The molecule has 3 rings (SSSR count). The van der Waals surface area contributed by atoms with E-state index in [1.54, 1.807) is 6.20 Å². The monoisotopic (exact) mass is 362 g/mol. The molecule has 0 fully saturated rings. The third-order valence-electron chi connectivity index (χ3n) is 3.73. The Balaban J connectivity index is 1.99. The molecule has 0 unspecified atom stereocenters. The van der Waals surface area contributed by atoms with Gasteiger partial charge in [-0.2, -0.15) is 15.0 Å². The zero-order valence-corrected chi connectivity index (χ0v) is 15.8. The predicted octanol–water partition coefficient (Wildman–Crippen LogP) is 3.97. The topological polar surface area (TPSA) is 92.7 Å². The van der Waals surface area contributed by atoms with Gasteiger partial charge in [0.2, 0.25) is 17.8 Å². The summed E-state index contributed by atoms with van der Waals surface area (Å²) in [4.78, 5) is 29.8. The molecular formula is C20H22N6O. The molecule has 0 radical (unpaired) electrons. The lowest BCUT2D eigenvalue weighted by molar-refractivity contribution is -0.123. The van der Waals surface area contributed by atoms with Crippen molar-refractivity contribution in [3.05, 3.63) is 54.4 Å². The van der Waals surface area contributed by atoms with E-state index in [4.69, 9.17) is 0 Å². The van der Waals surface area contributed by atoms with Crippen LogP contribution in [0.15, 0.2) is 48.7 Å². The standard InChI is InChI=1S/C20H22N6O/c1-13-12-15(10-11-21-13)22-18-23-16(14-8-6-5-7-9-14)24-19(26-18)25-17(27)20(2,3)4/h5-12H,1-4H3,(H2,21,22,23,24,25,26,27). The Morgan fingerprint density at radius 3 is 2.33 bits per heavy atom. The van der Waals surface area contributed by atoms with Gasteiger partial charge in [0.15, 0.2) is 5.82 Å². The van der Waals surface area contributed by atoms with Gasteiger partial charge in [-0.1, -0.05) is 51.1 Å². The minimum Gasteiger partial charge on any atom is -0.324 e. The molecule has 2 N–H and O–H groups in total. The first-order chi connectivity index (χ1) is 12.8. The highest BCUT2D eigenvalue weighted by atomic mass is 16.2. The molecule has 7 heteroatoms. The number of anilines is 3. The molecule has 0 atom stereocenters. The molecular weight excluding hydrogens is 340 g/mol. The Morgan fingerprint density at radius 2 is 1.67 bits per heavy atom. The van der Waals surface area contributed by atoms with Crippen LogP contribution in [0.1, 0.15) is 26.5 Å². The van der Waals surface area contributed by atoms with Gasteiger partial charge in [-0.05, 0) is 19.1 Å². The minimum atomic E-state index is -0.560. The number of nitrogens with one attached hydrogen (secondary N) is 2. The van der Waals surface area contributed by atoms with Gasteiger partial charge in [0.05, 0.1) is 0 Å². The summed E-state index contributed by atoms with van der Waals surface area (Å²) in [6.45, 7) is 7.41. The van der Waals surface area contributed by atoms with E-state index in [2.05, 4.69) is 30.6 Å². The maximum absolute atomic E-state index is 12.4. The number of nitrogens with zero attached hydrogens (tertiary/aromatic N) is 4. The molecule has 1 amide bonds. The number of rotatable bonds is 4. The maximum atomic E-state index is 12.4. The fraction of sp³-hybridized carbons (Fsp3) is 0.250. The summed E-state index contributed by atoms with van der Waals surface area (Å²) in [5, 5.41) is 5.93. The molecule has 2 aromatic heterocycles. The van der Waals surface area contributed by atoms with Crippen LogP contribution in [0.2, 0.25) is 0 Å². The van der Waals surface area contributed by atoms with Gasteiger partial charge in [-0.25, -0.2) is 0 Å². The van der Waals surface area contributed by atoms with Gasteiger partial charge in [-0.3, -0.25) is 15.1 Å². The van der Waals surface area contributed by atoms with Crippen molar-refractivity contribution in [2.75, 3.05) is 10.6 Å². The van der Waals surface area contributed by atoms with Crippen LogP contribution in [0.3, 0.4) is 0 Å². The number of aromatic nitrogens is 4. The Morgan fingerprint density at radius 1 is 0.963 bits per heavy atom. The molecule has 0 spiro atoms. The number of aryl methyl sites for hydroxylation is 1. The van der Waals surface area contributed by atoms with Crippen molar-refractivity contribution in [3.8, 4) is 11.4 Å². The maximum Gasteiger partial charge on any atom is 0.234 e. The highest BCUT2D eigenvalue weighted by Crippen LogP contribution is 2.22. The SMILES string of the molecule is Cc1cc(Nc2nc(NC(=O)C(C)(C)C)nc(-c3ccccc3)n2)ccn1. The highest BCUT2D eigenvalue weighted by Gasteiger charge is 2.22. The number of amides is 1. The Hall–Kier alpha value is -3.35. The van der Waals surface area contributed by atoms with Gasteiger partial charge in [0.1, 0.15) is 0 Å². The fourth-order valence-corrected chi connectivity index (χ4v) is 2.25. The molecule has 1 aromatic carbocycles. The molecule has 0 aliphatic rings. The largest absolute Gasteiger partial charge is 0.324 e. The zero-order chi connectivity index (χ0) is 19.4. The lowest BCUT2D eigenvalue weighted by Gasteiger charge is -2.17. The van der Waals surface area contributed by atoms with Crippen molar-refractivity contribution in [1.29, 1.82) is 0 Å². The molecule has 138 valence electrons. The second-order valence-corrected chi connectivity index (χ2v) is 7.19. The van der Waals surface area contributed by atoms with Crippen molar-refractivity contribution in [3.63, 3.8) is 0 Å². The first-order valence-electron chi connectivity index (χ1n) is 8.64. The number of carbonyl (C=O) groups is 1. The normalized spacial score (nSPS) is 11.1. The number of benzene rings is 1. The lowest BCUT2D eigenvalue weighted by atomic mass is 9.96. The lowest BCUT2D eigenvalue weighted by Crippen LogP contribution is -2.28. The van der Waals surface area contributed by atoms with E-state index in [0.717, 1.165) is 16.9 Å². The predicted molar refractivity (Wildman–Crippen MR) is 106 cm³/mol. The van der Waals surface area contributed by atoms with Crippen LogP contribution in [-0.4, -0.2) is 25.8 Å². The van der Waals surface area contributed by atoms with E-state index < -0.39 is 5.41 Å². The van der Waals surface area contributed by atoms with Crippen LogP contribution in [-0.2, 0) is 4.79 Å². The first kappa shape index (κ1) is 18.4. The van der Waals surface area contributed by atoms with E-state index in [-0.39, 0.29) is 11.9 Å². The van der Waals surface area contributed by atoms with Gasteiger partial charge in [-0.15, -0.1) is 0 Å². The third kappa shape index (κ3) is 4.84. The molecule has 0 bridgehead atoms. The summed E-state index contributed by atoms with van der Waals surface area (Å²) < 4.78 is 0. The number of pyridine rings is 1. The van der Waals surface area contributed by atoms with E-state index in [0.29, 0.717) is 11.8 Å². The van der Waals surface area contributed by atoms with E-state index >= 15 is 0 Å². The van der Waals surface area contributed by atoms with E-state index in [9.17, 15) is 4.79 Å². The second-order valence-electron chi connectivity index (χ2n) is 7.19. The zero-order valence-electron chi connectivity index (χ0n) is 15.8. The van der Waals surface area contributed by atoms with Crippen LogP contribution < -0.4 is 10.6 Å². The van der Waals surface area contributed by atoms with Crippen molar-refractivity contribution >= 4 is 23.5 Å². The van der Waals surface area contributed by atoms with Crippen LogP contribution in [0.4, 0.5) is 17.6 Å². The summed E-state index contributed by atoms with van der Waals surface area (Å²) in [6, 6.07) is 13.3. The smallest absolute Gasteiger partial charge is 0.234 e. The molecule has 27 heavy (non-hydrogen) atoms. The Kier molecular flexibility index (Phi) is 5.12. The molecule has 7 nitrogen and oxygen atoms in total. The minimum absolute atomic E-state index is 0.168. The van der Waals surface area contributed by atoms with Crippen molar-refractivity contribution in [1.82, 2.24) is 19.9 Å². The summed E-state index contributed by atoms with van der Waals surface area (Å²) in [5.74, 6) is 0.859.